The number of amides is 2. The van der Waals surface area contributed by atoms with Gasteiger partial charge in [-0.15, -0.1) is 0 Å². The number of fused-ring (bicyclic) bond motifs is 1. The second-order valence-corrected chi connectivity index (χ2v) is 12.0. The number of hydrogen-bond acceptors (Lipinski definition) is 6. The third-order valence-corrected chi connectivity index (χ3v) is 8.52. The smallest absolute Gasteiger partial charge is 0.258 e. The molecule has 2 atom stereocenters. The Kier molecular flexibility index (Phi) is 10.8. The van der Waals surface area contributed by atoms with Crippen LogP contribution in [0.2, 0.25) is 5.02 Å². The average Bonchev–Trinajstić information content (AvgIpc) is 3.15. The minimum absolute atomic E-state index is 0.120. The van der Waals surface area contributed by atoms with E-state index >= 15 is 0 Å². The molecule has 0 spiro atoms. The van der Waals surface area contributed by atoms with Crippen LogP contribution in [0.25, 0.3) is 0 Å². The number of ether oxygens (including phenoxy) is 1. The molecule has 10 heteroatoms. The molecule has 8 nitrogen and oxygen atoms in total. The summed E-state index contributed by atoms with van der Waals surface area (Å²) in [6.07, 6.45) is 2.45. The van der Waals surface area contributed by atoms with E-state index in [1.165, 1.54) is 7.11 Å². The Bertz CT molecular complexity index is 1450. The van der Waals surface area contributed by atoms with Crippen molar-refractivity contribution in [1.29, 1.82) is 0 Å². The van der Waals surface area contributed by atoms with Crippen LogP contribution in [0.3, 0.4) is 0 Å². The molecule has 42 heavy (non-hydrogen) atoms. The molecule has 1 N–H and O–H groups in total. The van der Waals surface area contributed by atoms with Gasteiger partial charge in [0, 0.05) is 46.3 Å². The van der Waals surface area contributed by atoms with Gasteiger partial charge in [0.2, 0.25) is 0 Å². The monoisotopic (exact) mass is 654 g/mol. The molecule has 0 fully saturated rings. The number of anilines is 2. The first-order valence-electron chi connectivity index (χ1n) is 13.8. The number of carbonyl (C=O) groups is 3. The van der Waals surface area contributed by atoms with Gasteiger partial charge in [0.1, 0.15) is 12.0 Å². The maximum Gasteiger partial charge on any atom is 0.258 e. The number of methoxy groups -OCH3 is 1. The number of carbonyl (C=O) groups excluding carboxylic acids is 3. The highest BCUT2D eigenvalue weighted by Gasteiger charge is 2.34. The number of benzene rings is 3. The number of halogens is 2. The quantitative estimate of drug-likeness (QED) is 0.272. The molecule has 3 aromatic carbocycles. The van der Waals surface area contributed by atoms with Crippen molar-refractivity contribution in [3.05, 3.63) is 86.8 Å². The van der Waals surface area contributed by atoms with Crippen molar-refractivity contribution in [3.8, 4) is 5.75 Å². The van der Waals surface area contributed by atoms with Crippen LogP contribution in [0.15, 0.2) is 65.1 Å². The largest absolute Gasteiger partial charge is 0.495 e. The fourth-order valence-corrected chi connectivity index (χ4v) is 5.96. The molecule has 1 aliphatic rings. The highest BCUT2D eigenvalue weighted by molar-refractivity contribution is 9.10. The molecule has 2 unspecified atom stereocenters. The van der Waals surface area contributed by atoms with E-state index in [9.17, 15) is 14.4 Å². The van der Waals surface area contributed by atoms with Crippen LogP contribution in [-0.2, 0) is 4.79 Å². The van der Waals surface area contributed by atoms with E-state index in [1.54, 1.807) is 47.4 Å². The Hall–Kier alpha value is -3.24. The summed E-state index contributed by atoms with van der Waals surface area (Å²) in [5.74, 6) is -0.256. The lowest BCUT2D eigenvalue weighted by atomic mass is 9.87. The zero-order chi connectivity index (χ0) is 30.4. The molecule has 0 aliphatic carbocycles. The highest BCUT2D eigenvalue weighted by Crippen LogP contribution is 2.40. The molecule has 222 valence electrons. The third kappa shape index (κ3) is 7.21. The van der Waals surface area contributed by atoms with Gasteiger partial charge in [-0.25, -0.2) is 0 Å². The summed E-state index contributed by atoms with van der Waals surface area (Å²) in [6, 6.07) is 17.3. The molecular weight excluding hydrogens is 620 g/mol. The molecule has 2 amide bonds. The lowest BCUT2D eigenvalue weighted by Gasteiger charge is -2.32. The van der Waals surface area contributed by atoms with Crippen LogP contribution in [0, 0.1) is 0 Å². The Balaban J connectivity index is 1.63. The summed E-state index contributed by atoms with van der Waals surface area (Å²) >= 11 is 9.87. The van der Waals surface area contributed by atoms with Crippen LogP contribution in [-0.4, -0.2) is 81.8 Å². The van der Waals surface area contributed by atoms with Crippen molar-refractivity contribution < 1.29 is 19.1 Å². The van der Waals surface area contributed by atoms with E-state index in [-0.39, 0.29) is 23.8 Å². The fourth-order valence-electron chi connectivity index (χ4n) is 5.31. The fraction of sp³-hybridized carbons (Fsp3) is 0.344. The number of nitrogens with one attached hydrogen (secondary N) is 1. The lowest BCUT2D eigenvalue weighted by molar-refractivity contribution is -0.112. The van der Waals surface area contributed by atoms with Gasteiger partial charge in [-0.1, -0.05) is 23.7 Å². The van der Waals surface area contributed by atoms with E-state index in [2.05, 4.69) is 31.0 Å². The normalized spacial score (nSPS) is 15.6. The zero-order valence-corrected chi connectivity index (χ0v) is 26.6. The Morgan fingerprint density at radius 1 is 1.12 bits per heavy atom. The number of nitrogens with zero attached hydrogens (tertiary/aromatic N) is 3. The Morgan fingerprint density at radius 3 is 2.57 bits per heavy atom. The van der Waals surface area contributed by atoms with Crippen molar-refractivity contribution in [1.82, 2.24) is 9.80 Å². The standard InChI is InChI=1S/C32H36BrClN4O4/c1-36(2)16-17-37(3)29(20-39)23-9-7-15-38(28-14-12-22(34)19-25(23)28)32(41)21-11-13-27(30(18-21)42-4)35-31(40)24-8-5-6-10-26(24)33/h5-6,8,10-14,18-20,23,29H,7,9,15-17H2,1-4H3,(H,35,40). The number of likely N-dealkylation sites (N-methyl/N-ethyl adjacent to an activating group) is 2. The topological polar surface area (TPSA) is 82.2 Å². The molecule has 4 rings (SSSR count). The molecular formula is C32H36BrClN4O4. The van der Waals surface area contributed by atoms with Gasteiger partial charge in [0.15, 0.2) is 0 Å². The van der Waals surface area contributed by atoms with Crippen LogP contribution in [0.5, 0.6) is 5.75 Å². The predicted octanol–water partition coefficient (Wildman–Crippen LogP) is 5.95. The zero-order valence-electron chi connectivity index (χ0n) is 24.3. The maximum absolute atomic E-state index is 14.0. The molecule has 0 radical (unpaired) electrons. The SMILES string of the molecule is COc1cc(C(=O)N2CCCC(C(C=O)N(C)CCN(C)C)c3cc(Cl)ccc32)ccc1NC(=O)c1ccccc1Br. The second kappa shape index (κ2) is 14.3. The van der Waals surface area contributed by atoms with Crippen molar-refractivity contribution in [2.75, 3.05) is 58.1 Å². The predicted molar refractivity (Wildman–Crippen MR) is 171 cm³/mol. The highest BCUT2D eigenvalue weighted by atomic mass is 79.9. The molecule has 0 aromatic heterocycles. The number of rotatable bonds is 10. The van der Waals surface area contributed by atoms with E-state index in [4.69, 9.17) is 16.3 Å². The van der Waals surface area contributed by atoms with Gasteiger partial charge in [-0.05, 0) is 104 Å². The van der Waals surface area contributed by atoms with Gasteiger partial charge >= 0.3 is 0 Å². The van der Waals surface area contributed by atoms with E-state index in [0.717, 1.165) is 37.0 Å². The summed E-state index contributed by atoms with van der Waals surface area (Å²) in [4.78, 5) is 45.2. The molecule has 3 aromatic rings. The van der Waals surface area contributed by atoms with E-state index < -0.39 is 0 Å². The van der Waals surface area contributed by atoms with Crippen LogP contribution in [0.1, 0.15) is 45.0 Å². The van der Waals surface area contributed by atoms with Crippen LogP contribution >= 0.6 is 27.5 Å². The Labute approximate surface area is 260 Å². The van der Waals surface area contributed by atoms with E-state index in [1.807, 2.05) is 39.3 Å². The van der Waals surface area contributed by atoms with Gasteiger partial charge in [0.25, 0.3) is 11.8 Å². The molecule has 0 bridgehead atoms. The lowest BCUT2D eigenvalue weighted by Crippen LogP contribution is -2.41. The third-order valence-electron chi connectivity index (χ3n) is 7.60. The molecule has 1 heterocycles. The summed E-state index contributed by atoms with van der Waals surface area (Å²) in [5.41, 5.74) is 2.97. The van der Waals surface area contributed by atoms with Crippen molar-refractivity contribution in [2.24, 2.45) is 0 Å². The van der Waals surface area contributed by atoms with Crippen LogP contribution < -0.4 is 15.0 Å². The summed E-state index contributed by atoms with van der Waals surface area (Å²) < 4.78 is 6.24. The minimum atomic E-state index is -0.357. The van der Waals surface area contributed by atoms with Gasteiger partial charge in [-0.3, -0.25) is 14.5 Å². The molecule has 0 saturated heterocycles. The maximum atomic E-state index is 14.0. The molecule has 1 aliphatic heterocycles. The minimum Gasteiger partial charge on any atom is -0.495 e. The van der Waals surface area contributed by atoms with Crippen molar-refractivity contribution >= 4 is 57.0 Å². The summed E-state index contributed by atoms with van der Waals surface area (Å²) in [7, 11) is 7.47. The average molecular weight is 656 g/mol. The van der Waals surface area contributed by atoms with Gasteiger partial charge < -0.3 is 24.6 Å². The van der Waals surface area contributed by atoms with Gasteiger partial charge in [-0.2, -0.15) is 0 Å². The first kappa shape index (κ1) is 31.7. The summed E-state index contributed by atoms with van der Waals surface area (Å²) in [5, 5.41) is 3.43. The van der Waals surface area contributed by atoms with Crippen molar-refractivity contribution in [2.45, 2.75) is 24.8 Å². The van der Waals surface area contributed by atoms with Gasteiger partial charge in [0.05, 0.1) is 24.4 Å². The van der Waals surface area contributed by atoms with E-state index in [0.29, 0.717) is 45.0 Å². The van der Waals surface area contributed by atoms with Crippen molar-refractivity contribution in [3.63, 3.8) is 0 Å². The first-order valence-corrected chi connectivity index (χ1v) is 15.0. The number of aldehydes is 1. The Morgan fingerprint density at radius 2 is 1.88 bits per heavy atom. The first-order chi connectivity index (χ1) is 20.1. The summed E-state index contributed by atoms with van der Waals surface area (Å²) in [6.45, 7) is 2.04. The number of hydrogen-bond donors (Lipinski definition) is 1. The molecule has 0 saturated carbocycles. The second-order valence-electron chi connectivity index (χ2n) is 10.7. The van der Waals surface area contributed by atoms with Crippen LogP contribution in [0.4, 0.5) is 11.4 Å².